The maximum atomic E-state index is 11.7. The summed E-state index contributed by atoms with van der Waals surface area (Å²) in [6.07, 6.45) is 4.08. The lowest BCUT2D eigenvalue weighted by atomic mass is 9.91. The van der Waals surface area contributed by atoms with Gasteiger partial charge in [0.05, 0.1) is 6.04 Å². The molecule has 0 bridgehead atoms. The van der Waals surface area contributed by atoms with Crippen LogP contribution in [0.15, 0.2) is 0 Å². The smallest absolute Gasteiger partial charge is 0.239 e. The fourth-order valence-corrected chi connectivity index (χ4v) is 1.58. The van der Waals surface area contributed by atoms with Crippen LogP contribution in [0.5, 0.6) is 0 Å². The van der Waals surface area contributed by atoms with Crippen LogP contribution in [-0.2, 0) is 9.53 Å². The number of carbonyl (C=O) groups excluding carboxylic acids is 1. The largest absolute Gasteiger partial charge is 0.385 e. The molecule has 82 valence electrons. The molecule has 4 nitrogen and oxygen atoms in total. The fraction of sp³-hybridized carbons (Fsp3) is 0.900. The van der Waals surface area contributed by atoms with Gasteiger partial charge >= 0.3 is 0 Å². The van der Waals surface area contributed by atoms with Gasteiger partial charge in [0.15, 0.2) is 0 Å². The van der Waals surface area contributed by atoms with Crippen LogP contribution in [0, 0.1) is 0 Å². The molecule has 1 fully saturated rings. The highest BCUT2D eigenvalue weighted by Crippen LogP contribution is 2.23. The number of nitrogens with two attached hydrogens (primary N) is 1. The molecule has 1 saturated carbocycles. The van der Waals surface area contributed by atoms with Gasteiger partial charge in [-0.05, 0) is 25.7 Å². The molecule has 0 radical (unpaired) electrons. The summed E-state index contributed by atoms with van der Waals surface area (Å²) >= 11 is 0. The summed E-state index contributed by atoms with van der Waals surface area (Å²) in [5.41, 5.74) is 5.75. The third-order valence-corrected chi connectivity index (χ3v) is 2.92. The molecule has 0 aromatic rings. The van der Waals surface area contributed by atoms with Crippen LogP contribution in [0.4, 0.5) is 0 Å². The average Bonchev–Trinajstić information content (AvgIpc) is 2.10. The van der Waals surface area contributed by atoms with E-state index in [1.165, 1.54) is 6.42 Å². The van der Waals surface area contributed by atoms with E-state index in [2.05, 4.69) is 0 Å². The predicted molar refractivity (Wildman–Crippen MR) is 54.9 cm³/mol. The van der Waals surface area contributed by atoms with Crippen LogP contribution >= 0.6 is 0 Å². The Morgan fingerprint density at radius 2 is 2.29 bits per heavy atom. The van der Waals surface area contributed by atoms with E-state index in [0.29, 0.717) is 19.1 Å². The molecule has 2 N–H and O–H groups in total. The molecule has 1 rings (SSSR count). The number of hydrogen-bond donors (Lipinski definition) is 1. The molecule has 0 heterocycles. The Morgan fingerprint density at radius 1 is 1.64 bits per heavy atom. The van der Waals surface area contributed by atoms with E-state index >= 15 is 0 Å². The van der Waals surface area contributed by atoms with Crippen LogP contribution in [0.25, 0.3) is 0 Å². The molecule has 1 atom stereocenters. The van der Waals surface area contributed by atoms with Crippen LogP contribution in [0.3, 0.4) is 0 Å². The molecule has 1 aliphatic rings. The van der Waals surface area contributed by atoms with Crippen molar-refractivity contribution >= 4 is 5.91 Å². The molecule has 0 aliphatic heterocycles. The lowest BCUT2D eigenvalue weighted by Gasteiger charge is -2.36. The molecule has 4 heteroatoms. The average molecular weight is 200 g/mol. The number of nitrogens with zero attached hydrogens (tertiary/aromatic N) is 1. The van der Waals surface area contributed by atoms with Crippen molar-refractivity contribution < 1.29 is 9.53 Å². The van der Waals surface area contributed by atoms with Crippen molar-refractivity contribution in [2.75, 3.05) is 20.8 Å². The van der Waals surface area contributed by atoms with Crippen LogP contribution in [-0.4, -0.2) is 43.7 Å². The van der Waals surface area contributed by atoms with Crippen molar-refractivity contribution in [1.82, 2.24) is 4.90 Å². The van der Waals surface area contributed by atoms with E-state index in [0.717, 1.165) is 12.8 Å². The highest BCUT2D eigenvalue weighted by Gasteiger charge is 2.28. The summed E-state index contributed by atoms with van der Waals surface area (Å²) in [6.45, 7) is 0.547. The summed E-state index contributed by atoms with van der Waals surface area (Å²) < 4.78 is 4.89. The second kappa shape index (κ2) is 5.32. The number of amides is 1. The van der Waals surface area contributed by atoms with Crippen LogP contribution in [0.2, 0.25) is 0 Å². The molecule has 0 aromatic carbocycles. The molecule has 1 aliphatic carbocycles. The van der Waals surface area contributed by atoms with Gasteiger partial charge in [-0.15, -0.1) is 0 Å². The molecule has 1 amide bonds. The second-order valence-electron chi connectivity index (χ2n) is 3.92. The van der Waals surface area contributed by atoms with E-state index in [-0.39, 0.29) is 5.91 Å². The summed E-state index contributed by atoms with van der Waals surface area (Å²) in [4.78, 5) is 13.5. The topological polar surface area (TPSA) is 55.6 Å². The van der Waals surface area contributed by atoms with Gasteiger partial charge in [0.2, 0.25) is 5.91 Å². The monoisotopic (exact) mass is 200 g/mol. The number of hydrogen-bond acceptors (Lipinski definition) is 3. The van der Waals surface area contributed by atoms with E-state index in [1.807, 2.05) is 7.05 Å². The van der Waals surface area contributed by atoms with Gasteiger partial charge in [-0.25, -0.2) is 0 Å². The highest BCUT2D eigenvalue weighted by atomic mass is 16.5. The molecule has 0 saturated heterocycles. The summed E-state index contributed by atoms with van der Waals surface area (Å²) in [5.74, 6) is 0.0479. The third-order valence-electron chi connectivity index (χ3n) is 2.92. The van der Waals surface area contributed by atoms with E-state index < -0.39 is 6.04 Å². The molecule has 1 unspecified atom stereocenters. The maximum absolute atomic E-state index is 11.7. The van der Waals surface area contributed by atoms with Gasteiger partial charge in [-0.1, -0.05) is 0 Å². The molecule has 14 heavy (non-hydrogen) atoms. The molecule has 0 aromatic heterocycles. The van der Waals surface area contributed by atoms with Gasteiger partial charge in [-0.2, -0.15) is 0 Å². The normalized spacial score (nSPS) is 18.8. The van der Waals surface area contributed by atoms with Gasteiger partial charge in [0, 0.05) is 26.8 Å². The Labute approximate surface area is 85.4 Å². The molecule has 0 spiro atoms. The SMILES string of the molecule is COCCC(N)C(=O)N(C)C1CCC1. The number of ether oxygens (including phenoxy) is 1. The van der Waals surface area contributed by atoms with E-state index in [1.54, 1.807) is 12.0 Å². The standard InChI is InChI=1S/C10H20N2O2/c1-12(8-4-3-5-8)10(13)9(11)6-7-14-2/h8-9H,3-7,11H2,1-2H3. The zero-order valence-corrected chi connectivity index (χ0v) is 9.03. The van der Waals surface area contributed by atoms with E-state index in [9.17, 15) is 4.79 Å². The predicted octanol–water partition coefficient (Wildman–Crippen LogP) is 0.361. The first-order chi connectivity index (χ1) is 6.66. The summed E-state index contributed by atoms with van der Waals surface area (Å²) in [7, 11) is 3.46. The second-order valence-corrected chi connectivity index (χ2v) is 3.92. The van der Waals surface area contributed by atoms with Gasteiger partial charge in [0.25, 0.3) is 0 Å². The minimum Gasteiger partial charge on any atom is -0.385 e. The summed E-state index contributed by atoms with van der Waals surface area (Å²) in [6, 6.07) is 0.0247. The van der Waals surface area contributed by atoms with Crippen LogP contribution in [0.1, 0.15) is 25.7 Å². The van der Waals surface area contributed by atoms with Crippen molar-refractivity contribution in [2.45, 2.75) is 37.8 Å². The van der Waals surface area contributed by atoms with Gasteiger partial charge in [0.1, 0.15) is 0 Å². The van der Waals surface area contributed by atoms with Crippen molar-refractivity contribution in [3.05, 3.63) is 0 Å². The number of carbonyl (C=O) groups is 1. The summed E-state index contributed by atoms with van der Waals surface area (Å²) in [5, 5.41) is 0. The van der Waals surface area contributed by atoms with Crippen molar-refractivity contribution in [3.8, 4) is 0 Å². The van der Waals surface area contributed by atoms with Gasteiger partial charge in [-0.3, -0.25) is 4.79 Å². The zero-order valence-electron chi connectivity index (χ0n) is 9.03. The first-order valence-corrected chi connectivity index (χ1v) is 5.18. The first kappa shape index (κ1) is 11.5. The Balaban J connectivity index is 2.30. The number of rotatable bonds is 5. The van der Waals surface area contributed by atoms with Crippen molar-refractivity contribution in [1.29, 1.82) is 0 Å². The zero-order chi connectivity index (χ0) is 10.6. The quantitative estimate of drug-likeness (QED) is 0.697. The lowest BCUT2D eigenvalue weighted by Crippen LogP contribution is -2.49. The Hall–Kier alpha value is -0.610. The minimum absolute atomic E-state index is 0.0479. The van der Waals surface area contributed by atoms with Crippen molar-refractivity contribution in [2.24, 2.45) is 5.73 Å². The molecular weight excluding hydrogens is 180 g/mol. The van der Waals surface area contributed by atoms with Crippen molar-refractivity contribution in [3.63, 3.8) is 0 Å². The maximum Gasteiger partial charge on any atom is 0.239 e. The Bertz CT molecular complexity index is 193. The fourth-order valence-electron chi connectivity index (χ4n) is 1.58. The Morgan fingerprint density at radius 3 is 2.71 bits per heavy atom. The Kier molecular flexibility index (Phi) is 4.35. The first-order valence-electron chi connectivity index (χ1n) is 5.18. The molecular formula is C10H20N2O2. The van der Waals surface area contributed by atoms with E-state index in [4.69, 9.17) is 10.5 Å². The number of likely N-dealkylation sites (N-methyl/N-ethyl adjacent to an activating group) is 1. The number of methoxy groups -OCH3 is 1. The lowest BCUT2D eigenvalue weighted by molar-refractivity contribution is -0.135. The highest BCUT2D eigenvalue weighted by molar-refractivity contribution is 5.81. The van der Waals surface area contributed by atoms with Crippen LogP contribution < -0.4 is 5.73 Å². The minimum atomic E-state index is -0.402. The van der Waals surface area contributed by atoms with Gasteiger partial charge < -0.3 is 15.4 Å². The third kappa shape index (κ3) is 2.69.